The molecule has 4 nitrogen and oxygen atoms in total. The Kier molecular flexibility index (Phi) is 4.32. The molecular weight excluding hydrogens is 416 g/mol. The van der Waals surface area contributed by atoms with E-state index >= 15 is 0 Å². The van der Waals surface area contributed by atoms with Gasteiger partial charge in [0.1, 0.15) is 11.5 Å². The second kappa shape index (κ2) is 6.99. The fraction of sp³-hybridized carbons (Fsp3) is 0.174. The molecule has 2 atom stereocenters. The molecule has 0 aliphatic carbocycles. The molecule has 0 fully saturated rings. The molecule has 3 aromatic carbocycles. The van der Waals surface area contributed by atoms with E-state index in [1.54, 1.807) is 7.11 Å². The first-order valence-corrected chi connectivity index (χ1v) is 10.0. The van der Waals surface area contributed by atoms with Gasteiger partial charge >= 0.3 is 0 Å². The summed E-state index contributed by atoms with van der Waals surface area (Å²) in [6.45, 7) is 0. The highest BCUT2D eigenvalue weighted by Gasteiger charge is 2.41. The smallest absolute Gasteiger partial charge is 0.217 e. The zero-order valence-corrected chi connectivity index (χ0v) is 17.0. The zero-order valence-electron chi connectivity index (χ0n) is 15.4. The Morgan fingerprint density at radius 2 is 1.68 bits per heavy atom. The molecule has 2 aliphatic rings. The van der Waals surface area contributed by atoms with Crippen LogP contribution in [0, 0.1) is 0 Å². The summed E-state index contributed by atoms with van der Waals surface area (Å²) in [6.07, 6.45) is 0.511. The molecule has 5 heteroatoms. The number of ether oxygens (including phenoxy) is 2. The summed E-state index contributed by atoms with van der Waals surface area (Å²) in [6, 6.07) is 24.7. The Hall–Kier alpha value is -2.79. The Labute approximate surface area is 172 Å². The van der Waals surface area contributed by atoms with E-state index in [2.05, 4.69) is 57.3 Å². The van der Waals surface area contributed by atoms with Crippen molar-refractivity contribution in [2.75, 3.05) is 7.11 Å². The van der Waals surface area contributed by atoms with Crippen LogP contribution < -0.4 is 9.47 Å². The van der Waals surface area contributed by atoms with Gasteiger partial charge in [0.05, 0.1) is 24.4 Å². The van der Waals surface area contributed by atoms with Crippen molar-refractivity contribution in [1.82, 2.24) is 5.01 Å². The highest BCUT2D eigenvalue weighted by atomic mass is 79.9. The minimum absolute atomic E-state index is 0.138. The Morgan fingerprint density at radius 1 is 0.964 bits per heavy atom. The zero-order chi connectivity index (χ0) is 19.1. The summed E-state index contributed by atoms with van der Waals surface area (Å²) in [7, 11) is 1.69. The molecule has 0 spiro atoms. The summed E-state index contributed by atoms with van der Waals surface area (Å²) < 4.78 is 13.1. The van der Waals surface area contributed by atoms with Crippen molar-refractivity contribution in [3.05, 3.63) is 94.0 Å². The molecule has 3 aromatic rings. The minimum Gasteiger partial charge on any atom is -0.496 e. The van der Waals surface area contributed by atoms with Gasteiger partial charge in [0.25, 0.3) is 0 Å². The molecule has 0 N–H and O–H groups in total. The molecule has 140 valence electrons. The molecule has 0 saturated carbocycles. The third kappa shape index (κ3) is 2.87. The molecule has 0 radical (unpaired) electrons. The molecule has 2 heterocycles. The van der Waals surface area contributed by atoms with Crippen LogP contribution in [0.1, 0.15) is 35.4 Å². The molecule has 0 saturated heterocycles. The average Bonchev–Trinajstić information content (AvgIpc) is 3.19. The highest BCUT2D eigenvalue weighted by molar-refractivity contribution is 9.10. The first-order chi connectivity index (χ1) is 13.7. The van der Waals surface area contributed by atoms with E-state index in [0.717, 1.165) is 39.2 Å². The van der Waals surface area contributed by atoms with Crippen molar-refractivity contribution in [3.63, 3.8) is 0 Å². The van der Waals surface area contributed by atoms with Gasteiger partial charge in [-0.2, -0.15) is 5.10 Å². The summed E-state index contributed by atoms with van der Waals surface area (Å²) in [5.74, 6) is 1.71. The van der Waals surface area contributed by atoms with Gasteiger partial charge in [-0.05, 0) is 35.9 Å². The van der Waals surface area contributed by atoms with Gasteiger partial charge in [-0.15, -0.1) is 0 Å². The van der Waals surface area contributed by atoms with Gasteiger partial charge in [-0.3, -0.25) is 0 Å². The fourth-order valence-electron chi connectivity index (χ4n) is 3.93. The van der Waals surface area contributed by atoms with Crippen LogP contribution in [0.15, 0.2) is 82.4 Å². The van der Waals surface area contributed by atoms with Gasteiger partial charge in [-0.1, -0.05) is 58.4 Å². The quantitative estimate of drug-likeness (QED) is 0.529. The van der Waals surface area contributed by atoms with Crippen LogP contribution in [0.4, 0.5) is 0 Å². The maximum atomic E-state index is 6.41. The minimum atomic E-state index is -0.330. The van der Waals surface area contributed by atoms with E-state index in [4.69, 9.17) is 14.6 Å². The number of hydrogen-bond donors (Lipinski definition) is 0. The largest absolute Gasteiger partial charge is 0.496 e. The monoisotopic (exact) mass is 434 g/mol. The van der Waals surface area contributed by atoms with Crippen molar-refractivity contribution in [1.29, 1.82) is 0 Å². The van der Waals surface area contributed by atoms with Gasteiger partial charge in [0.2, 0.25) is 6.23 Å². The van der Waals surface area contributed by atoms with Crippen LogP contribution in [0.5, 0.6) is 11.5 Å². The lowest BCUT2D eigenvalue weighted by Crippen LogP contribution is -2.33. The van der Waals surface area contributed by atoms with Crippen molar-refractivity contribution >= 4 is 21.6 Å². The van der Waals surface area contributed by atoms with Gasteiger partial charge in [-0.25, -0.2) is 5.01 Å². The molecule has 2 aliphatic heterocycles. The van der Waals surface area contributed by atoms with E-state index in [1.807, 2.05) is 36.4 Å². The normalized spacial score (nSPS) is 20.1. The Balaban J connectivity index is 1.61. The molecule has 5 rings (SSSR count). The van der Waals surface area contributed by atoms with Crippen molar-refractivity contribution in [2.24, 2.45) is 5.10 Å². The van der Waals surface area contributed by atoms with E-state index in [-0.39, 0.29) is 12.3 Å². The van der Waals surface area contributed by atoms with E-state index in [1.165, 1.54) is 5.56 Å². The van der Waals surface area contributed by atoms with Crippen LogP contribution in [-0.2, 0) is 0 Å². The molecular formula is C23H19BrN2O2. The molecule has 0 amide bonds. The number of nitrogens with zero attached hydrogens (tertiary/aromatic N) is 2. The molecule has 0 unspecified atom stereocenters. The standard InChI is InChI=1S/C23H19BrN2O2/c1-27-21-8-4-3-7-18(21)23-26-20(17-6-2-5-9-22(17)28-23)14-19(25-26)15-10-12-16(24)13-11-15/h2-13,20,23H,14H2,1H3/t20-,23-/m0/s1. The lowest BCUT2D eigenvalue weighted by Gasteiger charge is -2.38. The van der Waals surface area contributed by atoms with E-state index in [9.17, 15) is 0 Å². The summed E-state index contributed by atoms with van der Waals surface area (Å²) in [5, 5.41) is 7.08. The number of rotatable bonds is 3. The number of hydrazone groups is 1. The highest BCUT2D eigenvalue weighted by Crippen LogP contribution is 2.48. The maximum absolute atomic E-state index is 6.41. The second-order valence-corrected chi connectivity index (χ2v) is 7.82. The number of para-hydroxylation sites is 2. The topological polar surface area (TPSA) is 34.1 Å². The van der Waals surface area contributed by atoms with Gasteiger partial charge in [0.15, 0.2) is 0 Å². The predicted molar refractivity (Wildman–Crippen MR) is 113 cm³/mol. The Bertz CT molecular complexity index is 1050. The second-order valence-electron chi connectivity index (χ2n) is 6.90. The first-order valence-electron chi connectivity index (χ1n) is 9.25. The number of hydrogen-bond acceptors (Lipinski definition) is 4. The third-order valence-electron chi connectivity index (χ3n) is 5.28. The lowest BCUT2D eigenvalue weighted by molar-refractivity contribution is -0.0203. The number of methoxy groups -OCH3 is 1. The predicted octanol–water partition coefficient (Wildman–Crippen LogP) is 5.70. The summed E-state index contributed by atoms with van der Waals surface area (Å²) in [5.41, 5.74) is 4.35. The fourth-order valence-corrected chi connectivity index (χ4v) is 4.19. The SMILES string of the molecule is COc1ccccc1[C@@H]1Oc2ccccc2[C@@H]2CC(c3ccc(Br)cc3)=NN21. The van der Waals surface area contributed by atoms with E-state index < -0.39 is 0 Å². The van der Waals surface area contributed by atoms with Crippen molar-refractivity contribution in [3.8, 4) is 11.5 Å². The molecule has 28 heavy (non-hydrogen) atoms. The van der Waals surface area contributed by atoms with Crippen molar-refractivity contribution < 1.29 is 9.47 Å². The number of fused-ring (bicyclic) bond motifs is 3. The van der Waals surface area contributed by atoms with Gasteiger partial charge in [0, 0.05) is 16.5 Å². The maximum Gasteiger partial charge on any atom is 0.217 e. The van der Waals surface area contributed by atoms with Crippen LogP contribution in [0.2, 0.25) is 0 Å². The van der Waals surface area contributed by atoms with Gasteiger partial charge < -0.3 is 9.47 Å². The van der Waals surface area contributed by atoms with Crippen LogP contribution >= 0.6 is 15.9 Å². The first kappa shape index (κ1) is 17.3. The lowest BCUT2D eigenvalue weighted by atomic mass is 9.96. The number of halogens is 1. The Morgan fingerprint density at radius 3 is 2.46 bits per heavy atom. The summed E-state index contributed by atoms with van der Waals surface area (Å²) >= 11 is 3.51. The summed E-state index contributed by atoms with van der Waals surface area (Å²) in [4.78, 5) is 0. The molecule has 0 aromatic heterocycles. The van der Waals surface area contributed by atoms with Crippen LogP contribution in [0.3, 0.4) is 0 Å². The van der Waals surface area contributed by atoms with Crippen LogP contribution in [0.25, 0.3) is 0 Å². The molecule has 0 bridgehead atoms. The van der Waals surface area contributed by atoms with Crippen LogP contribution in [-0.4, -0.2) is 17.8 Å². The average molecular weight is 435 g/mol. The number of benzene rings is 3. The van der Waals surface area contributed by atoms with E-state index in [0.29, 0.717) is 0 Å². The third-order valence-corrected chi connectivity index (χ3v) is 5.81. The van der Waals surface area contributed by atoms with Crippen molar-refractivity contribution in [2.45, 2.75) is 18.7 Å².